The second kappa shape index (κ2) is 4.35. The average molecular weight is 216 g/mol. The molecule has 0 aliphatic carbocycles. The number of hydrogen-bond acceptors (Lipinski definition) is 3. The van der Waals surface area contributed by atoms with Gasteiger partial charge in [0.1, 0.15) is 5.82 Å². The zero-order valence-electron chi connectivity index (χ0n) is 9.86. The predicted octanol–water partition coefficient (Wildman–Crippen LogP) is 2.04. The molecule has 4 nitrogen and oxygen atoms in total. The average Bonchev–Trinajstić information content (AvgIpc) is 2.53. The zero-order chi connectivity index (χ0) is 11.5. The van der Waals surface area contributed by atoms with Crippen LogP contribution in [0.1, 0.15) is 17.0 Å². The lowest BCUT2D eigenvalue weighted by atomic mass is 10.2. The Labute approximate surface area is 95.3 Å². The highest BCUT2D eigenvalue weighted by atomic mass is 15.3. The Hall–Kier alpha value is -1.84. The van der Waals surface area contributed by atoms with Gasteiger partial charge >= 0.3 is 0 Å². The summed E-state index contributed by atoms with van der Waals surface area (Å²) in [5, 5.41) is 7.67. The third-order valence-electron chi connectivity index (χ3n) is 2.77. The number of nitrogens with zero attached hydrogens (tertiary/aromatic N) is 3. The Bertz CT molecular complexity index is 473. The largest absolute Gasteiger partial charge is 0.366 e. The van der Waals surface area contributed by atoms with Gasteiger partial charge in [-0.2, -0.15) is 5.10 Å². The van der Waals surface area contributed by atoms with Gasteiger partial charge in [-0.1, -0.05) is 6.07 Å². The van der Waals surface area contributed by atoms with E-state index in [1.54, 1.807) is 6.20 Å². The molecule has 0 aliphatic heterocycles. The van der Waals surface area contributed by atoms with E-state index in [2.05, 4.69) is 22.3 Å². The standard InChI is InChI=1S/C12H16N4/c1-9-11(10(2)16(3)15-9)8-14-12-6-4-5-7-13-12/h4-7H,8H2,1-3H3,(H,13,14). The lowest BCUT2D eigenvalue weighted by Gasteiger charge is -2.05. The van der Waals surface area contributed by atoms with Gasteiger partial charge in [-0.3, -0.25) is 4.68 Å². The van der Waals surface area contributed by atoms with Crippen molar-refractivity contribution in [2.24, 2.45) is 7.05 Å². The van der Waals surface area contributed by atoms with E-state index in [1.165, 1.54) is 11.3 Å². The number of aromatic nitrogens is 3. The summed E-state index contributed by atoms with van der Waals surface area (Å²) in [5.41, 5.74) is 3.51. The molecule has 0 aliphatic rings. The molecule has 0 radical (unpaired) electrons. The quantitative estimate of drug-likeness (QED) is 0.853. The van der Waals surface area contributed by atoms with Gasteiger partial charge < -0.3 is 5.32 Å². The van der Waals surface area contributed by atoms with Crippen molar-refractivity contribution in [2.75, 3.05) is 5.32 Å². The molecular weight excluding hydrogens is 200 g/mol. The van der Waals surface area contributed by atoms with Crippen LogP contribution in [0.5, 0.6) is 0 Å². The van der Waals surface area contributed by atoms with E-state index in [0.29, 0.717) is 0 Å². The molecular formula is C12H16N4. The maximum Gasteiger partial charge on any atom is 0.126 e. The summed E-state index contributed by atoms with van der Waals surface area (Å²) in [6.07, 6.45) is 1.78. The molecule has 0 saturated heterocycles. The minimum Gasteiger partial charge on any atom is -0.366 e. The van der Waals surface area contributed by atoms with Crippen LogP contribution in [-0.2, 0) is 13.6 Å². The summed E-state index contributed by atoms with van der Waals surface area (Å²) in [5.74, 6) is 0.894. The Morgan fingerprint density at radius 2 is 2.12 bits per heavy atom. The van der Waals surface area contributed by atoms with Gasteiger partial charge in [-0.25, -0.2) is 4.98 Å². The molecule has 0 saturated carbocycles. The second-order valence-corrected chi connectivity index (χ2v) is 3.84. The Morgan fingerprint density at radius 3 is 2.69 bits per heavy atom. The first-order chi connectivity index (χ1) is 7.68. The first-order valence-electron chi connectivity index (χ1n) is 5.32. The van der Waals surface area contributed by atoms with Crippen LogP contribution in [0.25, 0.3) is 0 Å². The highest BCUT2D eigenvalue weighted by molar-refractivity contribution is 5.36. The van der Waals surface area contributed by atoms with Crippen molar-refractivity contribution in [2.45, 2.75) is 20.4 Å². The van der Waals surface area contributed by atoms with Crippen LogP contribution in [0.3, 0.4) is 0 Å². The number of nitrogens with one attached hydrogen (secondary N) is 1. The molecule has 2 heterocycles. The highest BCUT2D eigenvalue weighted by Crippen LogP contribution is 2.13. The molecule has 0 amide bonds. The molecule has 16 heavy (non-hydrogen) atoms. The lowest BCUT2D eigenvalue weighted by Crippen LogP contribution is -2.03. The van der Waals surface area contributed by atoms with Crippen LogP contribution >= 0.6 is 0 Å². The normalized spacial score (nSPS) is 10.4. The van der Waals surface area contributed by atoms with Crippen molar-refractivity contribution in [3.63, 3.8) is 0 Å². The summed E-state index contributed by atoms with van der Waals surface area (Å²) in [4.78, 5) is 4.22. The Morgan fingerprint density at radius 1 is 1.31 bits per heavy atom. The van der Waals surface area contributed by atoms with Gasteiger partial charge in [-0.05, 0) is 26.0 Å². The van der Waals surface area contributed by atoms with Crippen LogP contribution in [0.4, 0.5) is 5.82 Å². The molecule has 0 spiro atoms. The molecule has 2 aromatic heterocycles. The SMILES string of the molecule is Cc1nn(C)c(C)c1CNc1ccccn1. The van der Waals surface area contributed by atoms with Crippen molar-refractivity contribution >= 4 is 5.82 Å². The number of rotatable bonds is 3. The molecule has 2 aromatic rings. The van der Waals surface area contributed by atoms with E-state index >= 15 is 0 Å². The number of hydrogen-bond donors (Lipinski definition) is 1. The van der Waals surface area contributed by atoms with Gasteiger partial charge in [0.2, 0.25) is 0 Å². The fourth-order valence-electron chi connectivity index (χ4n) is 1.72. The maximum atomic E-state index is 4.38. The van der Waals surface area contributed by atoms with Crippen molar-refractivity contribution in [3.05, 3.63) is 41.3 Å². The first-order valence-corrected chi connectivity index (χ1v) is 5.32. The Balaban J connectivity index is 2.11. The fourth-order valence-corrected chi connectivity index (χ4v) is 1.72. The minimum atomic E-state index is 0.766. The molecule has 0 unspecified atom stereocenters. The number of aryl methyl sites for hydroxylation is 2. The molecule has 0 atom stereocenters. The zero-order valence-corrected chi connectivity index (χ0v) is 9.86. The molecule has 0 bridgehead atoms. The van der Waals surface area contributed by atoms with E-state index < -0.39 is 0 Å². The fraction of sp³-hybridized carbons (Fsp3) is 0.333. The van der Waals surface area contributed by atoms with Crippen molar-refractivity contribution in [1.29, 1.82) is 0 Å². The topological polar surface area (TPSA) is 42.7 Å². The lowest BCUT2D eigenvalue weighted by molar-refractivity contribution is 0.730. The van der Waals surface area contributed by atoms with Gasteiger partial charge in [0.15, 0.2) is 0 Å². The molecule has 2 rings (SSSR count). The number of pyridine rings is 1. The summed E-state index contributed by atoms with van der Waals surface area (Å²) < 4.78 is 1.91. The summed E-state index contributed by atoms with van der Waals surface area (Å²) in [6.45, 7) is 4.88. The minimum absolute atomic E-state index is 0.766. The van der Waals surface area contributed by atoms with Crippen LogP contribution in [-0.4, -0.2) is 14.8 Å². The molecule has 0 fully saturated rings. The second-order valence-electron chi connectivity index (χ2n) is 3.84. The van der Waals surface area contributed by atoms with E-state index in [0.717, 1.165) is 18.1 Å². The van der Waals surface area contributed by atoms with Crippen molar-refractivity contribution in [3.8, 4) is 0 Å². The van der Waals surface area contributed by atoms with Crippen LogP contribution in [0.15, 0.2) is 24.4 Å². The van der Waals surface area contributed by atoms with Gasteiger partial charge in [0.05, 0.1) is 5.69 Å². The predicted molar refractivity (Wildman–Crippen MR) is 64.2 cm³/mol. The maximum absolute atomic E-state index is 4.38. The monoisotopic (exact) mass is 216 g/mol. The molecule has 0 aromatic carbocycles. The van der Waals surface area contributed by atoms with E-state index in [1.807, 2.05) is 36.9 Å². The van der Waals surface area contributed by atoms with Crippen molar-refractivity contribution < 1.29 is 0 Å². The summed E-state index contributed by atoms with van der Waals surface area (Å²) in [6, 6.07) is 5.84. The summed E-state index contributed by atoms with van der Waals surface area (Å²) >= 11 is 0. The van der Waals surface area contributed by atoms with Gasteiger partial charge in [0.25, 0.3) is 0 Å². The molecule has 4 heteroatoms. The van der Waals surface area contributed by atoms with Crippen LogP contribution in [0, 0.1) is 13.8 Å². The van der Waals surface area contributed by atoms with E-state index in [9.17, 15) is 0 Å². The summed E-state index contributed by atoms with van der Waals surface area (Å²) in [7, 11) is 1.96. The third-order valence-corrected chi connectivity index (χ3v) is 2.77. The van der Waals surface area contributed by atoms with E-state index in [-0.39, 0.29) is 0 Å². The van der Waals surface area contributed by atoms with Gasteiger partial charge in [-0.15, -0.1) is 0 Å². The highest BCUT2D eigenvalue weighted by Gasteiger charge is 2.08. The molecule has 1 N–H and O–H groups in total. The van der Waals surface area contributed by atoms with Crippen LogP contribution < -0.4 is 5.32 Å². The molecule has 84 valence electrons. The third kappa shape index (κ3) is 2.05. The number of anilines is 1. The smallest absolute Gasteiger partial charge is 0.126 e. The van der Waals surface area contributed by atoms with Crippen LogP contribution in [0.2, 0.25) is 0 Å². The van der Waals surface area contributed by atoms with Crippen molar-refractivity contribution in [1.82, 2.24) is 14.8 Å². The van der Waals surface area contributed by atoms with Gasteiger partial charge in [0, 0.05) is 31.0 Å². The first kappa shape index (κ1) is 10.7. The Kier molecular flexibility index (Phi) is 2.90. The van der Waals surface area contributed by atoms with E-state index in [4.69, 9.17) is 0 Å².